The summed E-state index contributed by atoms with van der Waals surface area (Å²) < 4.78 is 10.3. The van der Waals surface area contributed by atoms with Crippen LogP contribution in [0.4, 0.5) is 5.69 Å². The SMILES string of the molecule is COc1ccccc1NC(=O)COC(=O)c1ccc(CSc2ccc(Cl)cc2)cc1. The first kappa shape index (κ1) is 21.7. The Labute approximate surface area is 184 Å². The van der Waals surface area contributed by atoms with E-state index in [4.69, 9.17) is 21.1 Å². The van der Waals surface area contributed by atoms with E-state index in [2.05, 4.69) is 5.32 Å². The quantitative estimate of drug-likeness (QED) is 0.372. The van der Waals surface area contributed by atoms with Gasteiger partial charge in [0.25, 0.3) is 5.91 Å². The highest BCUT2D eigenvalue weighted by Gasteiger charge is 2.12. The Bertz CT molecular complexity index is 1010. The molecular formula is C23H20ClNO4S. The average Bonchev–Trinajstić information content (AvgIpc) is 2.78. The molecule has 3 aromatic carbocycles. The Morgan fingerprint density at radius 1 is 0.967 bits per heavy atom. The predicted molar refractivity (Wildman–Crippen MR) is 119 cm³/mol. The predicted octanol–water partition coefficient (Wildman–Crippen LogP) is 5.44. The van der Waals surface area contributed by atoms with Crippen LogP contribution in [0.5, 0.6) is 5.75 Å². The van der Waals surface area contributed by atoms with Crippen molar-refractivity contribution in [3.63, 3.8) is 0 Å². The van der Waals surface area contributed by atoms with Crippen LogP contribution in [0.1, 0.15) is 15.9 Å². The average molecular weight is 442 g/mol. The van der Waals surface area contributed by atoms with E-state index in [9.17, 15) is 9.59 Å². The maximum atomic E-state index is 12.2. The monoisotopic (exact) mass is 441 g/mol. The zero-order valence-electron chi connectivity index (χ0n) is 16.3. The first-order valence-corrected chi connectivity index (χ1v) is 10.5. The highest BCUT2D eigenvalue weighted by molar-refractivity contribution is 7.98. The van der Waals surface area contributed by atoms with Crippen molar-refractivity contribution < 1.29 is 19.1 Å². The van der Waals surface area contributed by atoms with Crippen molar-refractivity contribution in [3.05, 3.63) is 88.9 Å². The van der Waals surface area contributed by atoms with Crippen molar-refractivity contribution in [2.24, 2.45) is 0 Å². The number of halogens is 1. The summed E-state index contributed by atoms with van der Waals surface area (Å²) in [7, 11) is 1.52. The van der Waals surface area contributed by atoms with Gasteiger partial charge in [-0.3, -0.25) is 4.79 Å². The van der Waals surface area contributed by atoms with Gasteiger partial charge in [0.05, 0.1) is 18.4 Å². The number of methoxy groups -OCH3 is 1. The molecule has 1 amide bonds. The van der Waals surface area contributed by atoms with E-state index in [1.54, 1.807) is 48.2 Å². The Hall–Kier alpha value is -2.96. The lowest BCUT2D eigenvalue weighted by Crippen LogP contribution is -2.21. The van der Waals surface area contributed by atoms with Gasteiger partial charge in [-0.05, 0) is 54.1 Å². The van der Waals surface area contributed by atoms with Gasteiger partial charge < -0.3 is 14.8 Å². The molecule has 0 saturated carbocycles. The summed E-state index contributed by atoms with van der Waals surface area (Å²) in [4.78, 5) is 25.4. The van der Waals surface area contributed by atoms with Gasteiger partial charge in [0.2, 0.25) is 0 Å². The van der Waals surface area contributed by atoms with E-state index in [0.29, 0.717) is 22.0 Å². The third-order valence-corrected chi connectivity index (χ3v) is 5.46. The molecule has 30 heavy (non-hydrogen) atoms. The van der Waals surface area contributed by atoms with Gasteiger partial charge in [-0.25, -0.2) is 4.79 Å². The Balaban J connectivity index is 1.48. The molecule has 0 aliphatic rings. The van der Waals surface area contributed by atoms with Crippen LogP contribution in [0, 0.1) is 0 Å². The summed E-state index contributed by atoms with van der Waals surface area (Å²) in [5, 5.41) is 3.37. The van der Waals surface area contributed by atoms with E-state index in [0.717, 1.165) is 16.2 Å². The number of rotatable bonds is 8. The molecule has 3 aromatic rings. The minimum atomic E-state index is -0.554. The second-order valence-corrected chi connectivity index (χ2v) is 7.75. The summed E-state index contributed by atoms with van der Waals surface area (Å²) in [6.07, 6.45) is 0. The molecule has 1 N–H and O–H groups in total. The van der Waals surface area contributed by atoms with E-state index in [1.807, 2.05) is 36.4 Å². The molecule has 0 aliphatic carbocycles. The fourth-order valence-electron chi connectivity index (χ4n) is 2.58. The van der Waals surface area contributed by atoms with Gasteiger partial charge >= 0.3 is 5.97 Å². The second kappa shape index (κ2) is 10.7. The molecule has 0 heterocycles. The lowest BCUT2D eigenvalue weighted by atomic mass is 10.1. The van der Waals surface area contributed by atoms with Crippen molar-refractivity contribution in [1.29, 1.82) is 0 Å². The maximum absolute atomic E-state index is 12.2. The lowest BCUT2D eigenvalue weighted by Gasteiger charge is -2.10. The van der Waals surface area contributed by atoms with Crippen LogP contribution in [0.3, 0.4) is 0 Å². The summed E-state index contributed by atoms with van der Waals surface area (Å²) in [6, 6.07) is 21.8. The Kier molecular flexibility index (Phi) is 7.76. The molecule has 0 atom stereocenters. The number of carbonyl (C=O) groups is 2. The molecule has 154 valence electrons. The lowest BCUT2D eigenvalue weighted by molar-refractivity contribution is -0.119. The highest BCUT2D eigenvalue weighted by atomic mass is 35.5. The molecule has 0 aliphatic heterocycles. The smallest absolute Gasteiger partial charge is 0.338 e. The van der Waals surface area contributed by atoms with E-state index in [1.165, 1.54) is 7.11 Å². The largest absolute Gasteiger partial charge is 0.495 e. The molecule has 0 unspecified atom stereocenters. The second-order valence-electron chi connectivity index (χ2n) is 6.26. The molecule has 0 saturated heterocycles. The van der Waals surface area contributed by atoms with Crippen molar-refractivity contribution in [3.8, 4) is 5.75 Å². The van der Waals surface area contributed by atoms with Crippen molar-refractivity contribution in [2.45, 2.75) is 10.6 Å². The number of carbonyl (C=O) groups excluding carboxylic acids is 2. The minimum Gasteiger partial charge on any atom is -0.495 e. The van der Waals surface area contributed by atoms with Crippen LogP contribution >= 0.6 is 23.4 Å². The number of amides is 1. The zero-order valence-corrected chi connectivity index (χ0v) is 17.8. The van der Waals surface area contributed by atoms with Crippen LogP contribution < -0.4 is 10.1 Å². The summed E-state index contributed by atoms with van der Waals surface area (Å²) in [6.45, 7) is -0.384. The fraction of sp³-hybridized carbons (Fsp3) is 0.130. The van der Waals surface area contributed by atoms with Crippen molar-refractivity contribution in [2.75, 3.05) is 19.0 Å². The van der Waals surface area contributed by atoms with E-state index in [-0.39, 0.29) is 6.61 Å². The fourth-order valence-corrected chi connectivity index (χ4v) is 3.56. The van der Waals surface area contributed by atoms with Crippen LogP contribution in [-0.4, -0.2) is 25.6 Å². The van der Waals surface area contributed by atoms with Crippen molar-refractivity contribution in [1.82, 2.24) is 0 Å². The topological polar surface area (TPSA) is 64.6 Å². The standard InChI is InChI=1S/C23H20ClNO4S/c1-28-21-5-3-2-4-20(21)25-22(26)14-29-23(27)17-8-6-16(7-9-17)15-30-19-12-10-18(24)11-13-19/h2-13H,14-15H2,1H3,(H,25,26). The molecule has 0 aromatic heterocycles. The molecule has 0 bridgehead atoms. The molecule has 0 fully saturated rings. The van der Waals surface area contributed by atoms with Gasteiger partial charge in [0, 0.05) is 15.7 Å². The van der Waals surface area contributed by atoms with E-state index >= 15 is 0 Å². The normalized spacial score (nSPS) is 10.3. The molecule has 0 spiro atoms. The number of thioether (sulfide) groups is 1. The third kappa shape index (κ3) is 6.27. The Morgan fingerprint density at radius 3 is 2.37 bits per heavy atom. The number of benzene rings is 3. The summed E-state index contributed by atoms with van der Waals surface area (Å²) >= 11 is 7.57. The van der Waals surface area contributed by atoms with Gasteiger partial charge in [-0.15, -0.1) is 11.8 Å². The first-order chi connectivity index (χ1) is 14.5. The van der Waals surface area contributed by atoms with Crippen LogP contribution in [-0.2, 0) is 15.3 Å². The maximum Gasteiger partial charge on any atom is 0.338 e. The third-order valence-electron chi connectivity index (χ3n) is 4.12. The van der Waals surface area contributed by atoms with Gasteiger partial charge in [0.1, 0.15) is 5.75 Å². The van der Waals surface area contributed by atoms with Gasteiger partial charge in [-0.1, -0.05) is 35.9 Å². The van der Waals surface area contributed by atoms with E-state index < -0.39 is 11.9 Å². The number of esters is 1. The molecule has 0 radical (unpaired) electrons. The number of anilines is 1. The van der Waals surface area contributed by atoms with Gasteiger partial charge in [-0.2, -0.15) is 0 Å². The summed E-state index contributed by atoms with van der Waals surface area (Å²) in [5.41, 5.74) is 1.98. The molecule has 7 heteroatoms. The number of hydrogen-bond donors (Lipinski definition) is 1. The highest BCUT2D eigenvalue weighted by Crippen LogP contribution is 2.25. The number of ether oxygens (including phenoxy) is 2. The van der Waals surface area contributed by atoms with Gasteiger partial charge in [0.15, 0.2) is 6.61 Å². The van der Waals surface area contributed by atoms with Crippen LogP contribution in [0.15, 0.2) is 77.7 Å². The minimum absolute atomic E-state index is 0.384. The number of hydrogen-bond acceptors (Lipinski definition) is 5. The first-order valence-electron chi connectivity index (χ1n) is 9.12. The zero-order chi connectivity index (χ0) is 21.3. The Morgan fingerprint density at radius 2 is 1.67 bits per heavy atom. The van der Waals surface area contributed by atoms with Crippen LogP contribution in [0.2, 0.25) is 5.02 Å². The van der Waals surface area contributed by atoms with Crippen LogP contribution in [0.25, 0.3) is 0 Å². The number of nitrogens with one attached hydrogen (secondary N) is 1. The molecular weight excluding hydrogens is 422 g/mol. The van der Waals surface area contributed by atoms with Crippen molar-refractivity contribution >= 4 is 40.9 Å². The number of para-hydroxylation sites is 2. The molecule has 5 nitrogen and oxygen atoms in total. The summed E-state index contributed by atoms with van der Waals surface area (Å²) in [5.74, 6) is 0.299. The molecule has 3 rings (SSSR count).